The molecule has 8 heteroatoms. The van der Waals surface area contributed by atoms with E-state index in [9.17, 15) is 14.9 Å². The predicted molar refractivity (Wildman–Crippen MR) is 110 cm³/mol. The van der Waals surface area contributed by atoms with Crippen molar-refractivity contribution in [2.45, 2.75) is 19.0 Å². The summed E-state index contributed by atoms with van der Waals surface area (Å²) in [5, 5.41) is 16.9. The van der Waals surface area contributed by atoms with Gasteiger partial charge in [-0.1, -0.05) is 36.4 Å². The minimum Gasteiger partial charge on any atom is -0.376 e. The summed E-state index contributed by atoms with van der Waals surface area (Å²) in [6.45, 7) is 5.29. The van der Waals surface area contributed by atoms with E-state index in [4.69, 9.17) is 4.74 Å². The molecule has 3 N–H and O–H groups in total. The molecule has 0 bridgehead atoms. The maximum absolute atomic E-state index is 12.5. The number of nitrogens with zero attached hydrogens (tertiary/aromatic N) is 1. The number of carbonyl (C=O) groups is 1. The zero-order valence-corrected chi connectivity index (χ0v) is 16.5. The lowest BCUT2D eigenvalue weighted by Gasteiger charge is -2.35. The monoisotopic (exact) mass is 399 g/mol. The number of nitro groups is 1. The number of nitrogens with one attached hydrogen (secondary N) is 3. The minimum absolute atomic E-state index is 0.0103. The van der Waals surface area contributed by atoms with Crippen molar-refractivity contribution >= 4 is 17.3 Å². The van der Waals surface area contributed by atoms with Crippen molar-refractivity contribution in [3.8, 4) is 0 Å². The SMILES string of the molecule is C[C@H](NC(=O)CNc1cccc([N+](=O)[O-])c1)[C@@H](c1ccccc1)[NH+]1CCOCC1. The van der Waals surface area contributed by atoms with Crippen molar-refractivity contribution in [2.75, 3.05) is 38.2 Å². The Morgan fingerprint density at radius 1 is 1.17 bits per heavy atom. The molecule has 0 unspecified atom stereocenters. The molecule has 0 aliphatic carbocycles. The van der Waals surface area contributed by atoms with Crippen LogP contribution in [0.2, 0.25) is 0 Å². The van der Waals surface area contributed by atoms with Crippen LogP contribution in [0.25, 0.3) is 0 Å². The Kier molecular flexibility index (Phi) is 7.15. The molecule has 2 aromatic rings. The number of hydrogen-bond acceptors (Lipinski definition) is 5. The Morgan fingerprint density at radius 2 is 1.90 bits per heavy atom. The highest BCUT2D eigenvalue weighted by Gasteiger charge is 2.32. The minimum atomic E-state index is -0.455. The van der Waals surface area contributed by atoms with E-state index in [0.717, 1.165) is 13.1 Å². The van der Waals surface area contributed by atoms with Crippen LogP contribution >= 0.6 is 0 Å². The van der Waals surface area contributed by atoms with Gasteiger partial charge in [0.25, 0.3) is 5.69 Å². The number of ether oxygens (including phenoxy) is 1. The number of non-ortho nitro benzene ring substituents is 1. The normalized spacial score (nSPS) is 16.6. The van der Waals surface area contributed by atoms with Gasteiger partial charge in [0.1, 0.15) is 19.1 Å². The first kappa shape index (κ1) is 20.8. The van der Waals surface area contributed by atoms with Gasteiger partial charge in [-0.25, -0.2) is 0 Å². The van der Waals surface area contributed by atoms with Gasteiger partial charge < -0.3 is 20.3 Å². The van der Waals surface area contributed by atoms with Gasteiger partial charge in [0, 0.05) is 23.4 Å². The third kappa shape index (κ3) is 5.75. The average Bonchev–Trinajstić information content (AvgIpc) is 2.74. The maximum Gasteiger partial charge on any atom is 0.271 e. The lowest BCUT2D eigenvalue weighted by Crippen LogP contribution is -3.15. The van der Waals surface area contributed by atoms with E-state index < -0.39 is 4.92 Å². The van der Waals surface area contributed by atoms with Gasteiger partial charge in [0.2, 0.25) is 5.91 Å². The van der Waals surface area contributed by atoms with Crippen molar-refractivity contribution in [2.24, 2.45) is 0 Å². The zero-order valence-electron chi connectivity index (χ0n) is 16.5. The summed E-state index contributed by atoms with van der Waals surface area (Å²) in [6.07, 6.45) is 0. The van der Waals surface area contributed by atoms with Gasteiger partial charge >= 0.3 is 0 Å². The molecule has 0 aromatic heterocycles. The van der Waals surface area contributed by atoms with Crippen molar-refractivity contribution < 1.29 is 19.4 Å². The molecule has 0 radical (unpaired) electrons. The topological polar surface area (TPSA) is 97.9 Å². The van der Waals surface area contributed by atoms with Gasteiger partial charge in [0.15, 0.2) is 0 Å². The Balaban J connectivity index is 1.62. The van der Waals surface area contributed by atoms with Crippen molar-refractivity contribution in [3.05, 3.63) is 70.3 Å². The molecule has 0 spiro atoms. The molecule has 0 saturated carbocycles. The van der Waals surface area contributed by atoms with Crippen molar-refractivity contribution in [1.82, 2.24) is 5.32 Å². The van der Waals surface area contributed by atoms with Gasteiger partial charge in [-0.05, 0) is 13.0 Å². The third-order valence-corrected chi connectivity index (χ3v) is 5.13. The molecule has 29 heavy (non-hydrogen) atoms. The summed E-state index contributed by atoms with van der Waals surface area (Å²) in [5.74, 6) is -0.155. The number of quaternary nitrogens is 1. The van der Waals surface area contributed by atoms with Crippen molar-refractivity contribution in [3.63, 3.8) is 0 Å². The number of hydrogen-bond donors (Lipinski definition) is 3. The molecule has 1 heterocycles. The Bertz CT molecular complexity index is 824. The molecule has 1 amide bonds. The number of amides is 1. The largest absolute Gasteiger partial charge is 0.376 e. The second kappa shape index (κ2) is 9.99. The highest BCUT2D eigenvalue weighted by Crippen LogP contribution is 2.17. The lowest BCUT2D eigenvalue weighted by atomic mass is 9.98. The highest BCUT2D eigenvalue weighted by molar-refractivity contribution is 5.81. The van der Waals surface area contributed by atoms with E-state index >= 15 is 0 Å². The Hall–Kier alpha value is -2.97. The lowest BCUT2D eigenvalue weighted by molar-refractivity contribution is -0.940. The van der Waals surface area contributed by atoms with Crippen LogP contribution in [-0.2, 0) is 9.53 Å². The average molecular weight is 399 g/mol. The Morgan fingerprint density at radius 3 is 2.59 bits per heavy atom. The quantitative estimate of drug-likeness (QED) is 0.457. The first-order chi connectivity index (χ1) is 14.0. The molecule has 1 saturated heterocycles. The van der Waals surface area contributed by atoms with Gasteiger partial charge in [0.05, 0.1) is 30.7 Å². The molecule has 1 aliphatic rings. The molecule has 154 valence electrons. The van der Waals surface area contributed by atoms with E-state index in [1.807, 2.05) is 25.1 Å². The van der Waals surface area contributed by atoms with Crippen molar-refractivity contribution in [1.29, 1.82) is 0 Å². The van der Waals surface area contributed by atoms with Gasteiger partial charge in [-0.2, -0.15) is 0 Å². The molecule has 1 fully saturated rings. The number of carbonyl (C=O) groups excluding carboxylic acids is 1. The number of nitro benzene ring substituents is 1. The van der Waals surface area contributed by atoms with Crippen LogP contribution < -0.4 is 15.5 Å². The number of morpholine rings is 1. The third-order valence-electron chi connectivity index (χ3n) is 5.13. The summed E-state index contributed by atoms with van der Waals surface area (Å²) >= 11 is 0. The van der Waals surface area contributed by atoms with Crippen LogP contribution in [0.3, 0.4) is 0 Å². The van der Waals surface area contributed by atoms with E-state index in [2.05, 4.69) is 22.8 Å². The highest BCUT2D eigenvalue weighted by atomic mass is 16.6. The second-order valence-corrected chi connectivity index (χ2v) is 7.18. The fraction of sp³-hybridized carbons (Fsp3) is 0.381. The standard InChI is InChI=1S/C21H26N4O4/c1-16(21(17-6-3-2-4-7-17)24-10-12-29-13-11-24)23-20(26)15-22-18-8-5-9-19(14-18)25(27)28/h2-9,14,16,21-22H,10-13,15H2,1H3,(H,23,26)/p+1/t16-,21-/m0/s1. The van der Waals surface area contributed by atoms with Crippen LogP contribution in [-0.4, -0.2) is 49.7 Å². The molecule has 2 aromatic carbocycles. The summed E-state index contributed by atoms with van der Waals surface area (Å²) < 4.78 is 5.49. The Labute approximate surface area is 170 Å². The molecule has 1 aliphatic heterocycles. The first-order valence-corrected chi connectivity index (χ1v) is 9.79. The van der Waals surface area contributed by atoms with Gasteiger partial charge in [-0.3, -0.25) is 14.9 Å². The fourth-order valence-electron chi connectivity index (χ4n) is 3.78. The summed E-state index contributed by atoms with van der Waals surface area (Å²) in [5.41, 5.74) is 1.72. The van der Waals surface area contributed by atoms with Crippen LogP contribution in [0.5, 0.6) is 0 Å². The second-order valence-electron chi connectivity index (χ2n) is 7.18. The summed E-state index contributed by atoms with van der Waals surface area (Å²) in [4.78, 5) is 24.3. The zero-order chi connectivity index (χ0) is 20.6. The number of rotatable bonds is 8. The number of anilines is 1. The molecule has 3 rings (SSSR count). The number of benzene rings is 2. The predicted octanol–water partition coefficient (Wildman–Crippen LogP) is 1.17. The molecule has 8 nitrogen and oxygen atoms in total. The van der Waals surface area contributed by atoms with Crippen LogP contribution in [0.4, 0.5) is 11.4 Å². The fourth-order valence-corrected chi connectivity index (χ4v) is 3.78. The summed E-state index contributed by atoms with van der Waals surface area (Å²) in [6, 6.07) is 16.4. The maximum atomic E-state index is 12.5. The van der Waals surface area contributed by atoms with Crippen LogP contribution in [0.15, 0.2) is 54.6 Å². The van der Waals surface area contributed by atoms with E-state index in [0.29, 0.717) is 18.9 Å². The molecular formula is C21H27N4O4+. The van der Waals surface area contributed by atoms with Crippen LogP contribution in [0, 0.1) is 10.1 Å². The van der Waals surface area contributed by atoms with E-state index in [1.54, 1.807) is 12.1 Å². The molecular weight excluding hydrogens is 372 g/mol. The van der Waals surface area contributed by atoms with Gasteiger partial charge in [-0.15, -0.1) is 0 Å². The summed E-state index contributed by atoms with van der Waals surface area (Å²) in [7, 11) is 0. The smallest absolute Gasteiger partial charge is 0.271 e. The van der Waals surface area contributed by atoms with E-state index in [-0.39, 0.29) is 30.2 Å². The first-order valence-electron chi connectivity index (χ1n) is 9.79. The van der Waals surface area contributed by atoms with Crippen LogP contribution in [0.1, 0.15) is 18.5 Å². The van der Waals surface area contributed by atoms with E-state index in [1.165, 1.54) is 22.6 Å². The molecule has 2 atom stereocenters.